The molecule has 2 aromatic rings. The van der Waals surface area contributed by atoms with Crippen molar-refractivity contribution in [3.63, 3.8) is 0 Å². The molecule has 1 saturated heterocycles. The van der Waals surface area contributed by atoms with E-state index in [-0.39, 0.29) is 18.4 Å². The molecule has 6 heteroatoms. The van der Waals surface area contributed by atoms with Crippen molar-refractivity contribution in [2.75, 3.05) is 19.6 Å². The molecule has 31 heavy (non-hydrogen) atoms. The van der Waals surface area contributed by atoms with E-state index >= 15 is 0 Å². The molecule has 0 aliphatic carbocycles. The molecule has 0 saturated carbocycles. The average Bonchev–Trinajstić information content (AvgIpc) is 2.76. The van der Waals surface area contributed by atoms with Gasteiger partial charge in [0.1, 0.15) is 5.75 Å². The highest BCUT2D eigenvalue weighted by Crippen LogP contribution is 2.16. The minimum absolute atomic E-state index is 0.00561. The summed E-state index contributed by atoms with van der Waals surface area (Å²) in [4.78, 5) is 26.8. The topological polar surface area (TPSA) is 70.7 Å². The number of unbranched alkanes of at least 4 members (excludes halogenated alkanes) is 1. The average molecular weight is 424 g/mol. The van der Waals surface area contributed by atoms with Gasteiger partial charge in [-0.15, -0.1) is 0 Å². The van der Waals surface area contributed by atoms with Gasteiger partial charge in [-0.2, -0.15) is 0 Å². The van der Waals surface area contributed by atoms with Crippen molar-refractivity contribution < 1.29 is 14.3 Å². The number of carbonyl (C=O) groups excluding carboxylic acids is 2. The third-order valence-corrected chi connectivity index (χ3v) is 5.48. The highest BCUT2D eigenvalue weighted by molar-refractivity contribution is 5.79. The monoisotopic (exact) mass is 423 g/mol. The van der Waals surface area contributed by atoms with Crippen LogP contribution in [0, 0.1) is 0 Å². The van der Waals surface area contributed by atoms with Crippen molar-refractivity contribution in [1.29, 1.82) is 0 Å². The second-order valence-electron chi connectivity index (χ2n) is 8.10. The van der Waals surface area contributed by atoms with Gasteiger partial charge in [-0.1, -0.05) is 55.8 Å². The lowest BCUT2D eigenvalue weighted by molar-refractivity contribution is -0.121. The number of nitrogens with one attached hydrogen (secondary N) is 2. The fourth-order valence-electron chi connectivity index (χ4n) is 3.77. The first kappa shape index (κ1) is 22.8. The zero-order valence-corrected chi connectivity index (χ0v) is 18.3. The van der Waals surface area contributed by atoms with Crippen LogP contribution in [0.1, 0.15) is 43.7 Å². The number of rotatable bonds is 9. The first-order valence-corrected chi connectivity index (χ1v) is 11.2. The molecule has 0 radical (unpaired) electrons. The van der Waals surface area contributed by atoms with Gasteiger partial charge in [0.2, 0.25) is 5.91 Å². The van der Waals surface area contributed by atoms with E-state index in [1.807, 2.05) is 12.1 Å². The van der Waals surface area contributed by atoms with Crippen molar-refractivity contribution in [1.82, 2.24) is 15.5 Å². The van der Waals surface area contributed by atoms with Gasteiger partial charge >= 0.3 is 6.09 Å². The Kier molecular flexibility index (Phi) is 8.91. The Labute approximate surface area is 185 Å². The van der Waals surface area contributed by atoms with E-state index in [2.05, 4.69) is 46.7 Å². The molecule has 0 bridgehead atoms. The molecule has 2 N–H and O–H groups in total. The highest BCUT2D eigenvalue weighted by atomic mass is 16.6. The van der Waals surface area contributed by atoms with E-state index in [4.69, 9.17) is 4.74 Å². The molecular formula is C25H33N3O3. The Hall–Kier alpha value is -2.86. The zero-order chi connectivity index (χ0) is 21.9. The van der Waals surface area contributed by atoms with Crippen LogP contribution in [0.3, 0.4) is 0 Å². The molecule has 1 heterocycles. The molecule has 6 nitrogen and oxygen atoms in total. The third kappa shape index (κ3) is 8.06. The molecule has 1 aliphatic heterocycles. The number of hydrogen-bond acceptors (Lipinski definition) is 4. The smallest absolute Gasteiger partial charge is 0.410 e. The van der Waals surface area contributed by atoms with Crippen LogP contribution in [0.25, 0.3) is 0 Å². The van der Waals surface area contributed by atoms with E-state index in [9.17, 15) is 9.59 Å². The number of likely N-dealkylation sites (tertiary alicyclic amines) is 1. The summed E-state index contributed by atoms with van der Waals surface area (Å²) >= 11 is 0. The lowest BCUT2D eigenvalue weighted by Gasteiger charge is -2.32. The summed E-state index contributed by atoms with van der Waals surface area (Å²) in [5.74, 6) is 0.458. The van der Waals surface area contributed by atoms with Crippen LogP contribution in [-0.2, 0) is 17.8 Å². The van der Waals surface area contributed by atoms with E-state index in [0.717, 1.165) is 50.9 Å². The van der Waals surface area contributed by atoms with Crippen LogP contribution >= 0.6 is 0 Å². The molecule has 1 fully saturated rings. The fourth-order valence-corrected chi connectivity index (χ4v) is 3.77. The Morgan fingerprint density at radius 1 is 1.03 bits per heavy atom. The van der Waals surface area contributed by atoms with Crippen molar-refractivity contribution in [2.45, 2.75) is 51.6 Å². The molecule has 2 aromatic carbocycles. The summed E-state index contributed by atoms with van der Waals surface area (Å²) in [6.45, 7) is 5.59. The largest absolute Gasteiger partial charge is 0.412 e. The summed E-state index contributed by atoms with van der Waals surface area (Å²) in [5.41, 5.74) is 2.16. The number of hydrogen-bond donors (Lipinski definition) is 2. The zero-order valence-electron chi connectivity index (χ0n) is 18.3. The lowest BCUT2D eigenvalue weighted by Crippen LogP contribution is -2.44. The van der Waals surface area contributed by atoms with Gasteiger partial charge in [0.05, 0.1) is 6.42 Å². The van der Waals surface area contributed by atoms with Crippen LogP contribution in [0.4, 0.5) is 4.79 Å². The van der Waals surface area contributed by atoms with Gasteiger partial charge in [-0.05, 0) is 42.5 Å². The Morgan fingerprint density at radius 3 is 2.52 bits per heavy atom. The van der Waals surface area contributed by atoms with E-state index in [0.29, 0.717) is 12.3 Å². The molecular weight excluding hydrogens is 390 g/mol. The molecule has 0 unspecified atom stereocenters. The maximum Gasteiger partial charge on any atom is 0.412 e. The summed E-state index contributed by atoms with van der Waals surface area (Å²) in [5, 5.41) is 5.88. The van der Waals surface area contributed by atoms with Crippen LogP contribution in [0.5, 0.6) is 5.75 Å². The summed E-state index contributed by atoms with van der Waals surface area (Å²) in [6.07, 6.45) is 3.66. The van der Waals surface area contributed by atoms with Crippen LogP contribution < -0.4 is 15.4 Å². The van der Waals surface area contributed by atoms with Crippen molar-refractivity contribution in [3.05, 3.63) is 65.7 Å². The lowest BCUT2D eigenvalue weighted by atomic mass is 10.0. The van der Waals surface area contributed by atoms with Gasteiger partial charge in [0, 0.05) is 32.2 Å². The quantitative estimate of drug-likeness (QED) is 0.600. The molecule has 0 spiro atoms. The molecule has 166 valence electrons. The Bertz CT molecular complexity index is 833. The normalized spacial score (nSPS) is 14.7. The second-order valence-corrected chi connectivity index (χ2v) is 8.10. The molecule has 3 rings (SSSR count). The van der Waals surface area contributed by atoms with E-state index in [1.165, 1.54) is 5.56 Å². The number of carbonyl (C=O) groups is 2. The Morgan fingerprint density at radius 2 is 1.77 bits per heavy atom. The van der Waals surface area contributed by atoms with Crippen molar-refractivity contribution in [2.24, 2.45) is 0 Å². The van der Waals surface area contributed by atoms with Crippen molar-refractivity contribution in [3.8, 4) is 5.75 Å². The van der Waals surface area contributed by atoms with Crippen LogP contribution in [0.2, 0.25) is 0 Å². The maximum absolute atomic E-state index is 12.5. The number of nitrogens with zero attached hydrogens (tertiary/aromatic N) is 1. The number of benzene rings is 2. The fraction of sp³-hybridized carbons (Fsp3) is 0.440. The first-order valence-electron chi connectivity index (χ1n) is 11.2. The van der Waals surface area contributed by atoms with Gasteiger partial charge < -0.3 is 15.4 Å². The second kappa shape index (κ2) is 12.1. The van der Waals surface area contributed by atoms with Crippen LogP contribution in [-0.4, -0.2) is 42.6 Å². The number of ether oxygens (including phenoxy) is 1. The molecule has 2 amide bonds. The molecule has 0 atom stereocenters. The van der Waals surface area contributed by atoms with Gasteiger partial charge in [-0.3, -0.25) is 9.69 Å². The molecule has 1 aliphatic rings. The number of piperidine rings is 1. The summed E-state index contributed by atoms with van der Waals surface area (Å²) in [6, 6.07) is 17.9. The predicted molar refractivity (Wildman–Crippen MR) is 122 cm³/mol. The minimum Gasteiger partial charge on any atom is -0.410 e. The standard InChI is InChI=1S/C25H33N3O3/c1-2-3-14-26-25(30)31-23-11-7-10-21(17-23)18-24(29)27-22-12-15-28(16-13-22)19-20-8-5-4-6-9-20/h4-11,17,22H,2-3,12-16,18-19H2,1H3,(H,26,30)(H,27,29). The first-order chi connectivity index (χ1) is 15.1. The minimum atomic E-state index is -0.461. The summed E-state index contributed by atoms with van der Waals surface area (Å²) < 4.78 is 5.31. The molecule has 0 aromatic heterocycles. The predicted octanol–water partition coefficient (Wildman–Crippen LogP) is 3.90. The summed E-state index contributed by atoms with van der Waals surface area (Å²) in [7, 11) is 0. The van der Waals surface area contributed by atoms with Gasteiger partial charge in [-0.25, -0.2) is 4.79 Å². The highest BCUT2D eigenvalue weighted by Gasteiger charge is 2.20. The van der Waals surface area contributed by atoms with Crippen LogP contribution in [0.15, 0.2) is 54.6 Å². The SMILES string of the molecule is CCCCNC(=O)Oc1cccc(CC(=O)NC2CCN(Cc3ccccc3)CC2)c1. The third-order valence-electron chi connectivity index (χ3n) is 5.48. The van der Waals surface area contributed by atoms with Gasteiger partial charge in [0.25, 0.3) is 0 Å². The van der Waals surface area contributed by atoms with E-state index in [1.54, 1.807) is 18.2 Å². The Balaban J connectivity index is 1.40. The maximum atomic E-state index is 12.5. The van der Waals surface area contributed by atoms with Gasteiger partial charge in [0.15, 0.2) is 0 Å². The van der Waals surface area contributed by atoms with Crippen molar-refractivity contribution >= 4 is 12.0 Å². The van der Waals surface area contributed by atoms with E-state index < -0.39 is 6.09 Å². The number of amides is 2.